The lowest BCUT2D eigenvalue weighted by molar-refractivity contribution is -0.152. The predicted molar refractivity (Wildman–Crippen MR) is 241 cm³/mol. The number of nitrogens with two attached hydrogens (primary N) is 1. The van der Waals surface area contributed by atoms with Crippen LogP contribution in [0.15, 0.2) is 54.8 Å². The van der Waals surface area contributed by atoms with Crippen molar-refractivity contribution in [3.05, 3.63) is 60.3 Å². The number of unbranched alkanes of at least 4 members (excludes halogenated alkanes) is 7. The van der Waals surface area contributed by atoms with E-state index in [-0.39, 0.29) is 44.4 Å². The molecule has 0 bridgehead atoms. The molecule has 0 spiro atoms. The van der Waals surface area contributed by atoms with Gasteiger partial charge in [0.25, 0.3) is 0 Å². The Hall–Kier alpha value is -6.37. The molecule has 1 aromatic carbocycles. The molecule has 1 aliphatic rings. The monoisotopic (exact) mass is 906 g/mol. The molecule has 5 atom stereocenters. The van der Waals surface area contributed by atoms with E-state index in [1.54, 1.807) is 24.4 Å². The van der Waals surface area contributed by atoms with Gasteiger partial charge in [0.15, 0.2) is 5.78 Å². The number of nitrogens with one attached hydrogen (secondary N) is 7. The van der Waals surface area contributed by atoms with Gasteiger partial charge < -0.3 is 52.5 Å². The Morgan fingerprint density at radius 1 is 0.877 bits per heavy atom. The van der Waals surface area contributed by atoms with Crippen molar-refractivity contribution in [1.29, 1.82) is 0 Å². The zero-order chi connectivity index (χ0) is 47.6. The number of amides is 7. The summed E-state index contributed by atoms with van der Waals surface area (Å²) in [5.74, 6) is -6.38. The normalized spacial score (nSPS) is 19.7. The Bertz CT molecular complexity index is 2000. The number of esters is 1. The van der Waals surface area contributed by atoms with Crippen molar-refractivity contribution in [2.75, 3.05) is 19.7 Å². The molecule has 0 aliphatic carbocycles. The fourth-order valence-electron chi connectivity index (χ4n) is 6.99. The topological polar surface area (TPSA) is 297 Å². The quantitative estimate of drug-likeness (QED) is 0.0333. The fraction of sp³-hybridized carbons (Fsp3) is 0.543. The second-order valence-electron chi connectivity index (χ2n) is 16.0. The number of hydrogen-bond donors (Lipinski definition) is 9. The highest BCUT2D eigenvalue weighted by Crippen LogP contribution is 2.19. The maximum absolute atomic E-state index is 13.7. The highest BCUT2D eigenvalue weighted by molar-refractivity contribution is 5.95. The number of hydrogen-bond acceptors (Lipinski definition) is 11. The van der Waals surface area contributed by atoms with E-state index in [4.69, 9.17) is 10.5 Å². The number of aliphatic hydroxyl groups excluding tert-OH is 1. The van der Waals surface area contributed by atoms with Gasteiger partial charge in [-0.25, -0.2) is 0 Å². The largest absolute Gasteiger partial charge is 0.459 e. The number of ether oxygens (including phenoxy) is 1. The number of aromatic amines is 1. The van der Waals surface area contributed by atoms with Gasteiger partial charge in [-0.1, -0.05) is 75.5 Å². The number of ketones is 1. The summed E-state index contributed by atoms with van der Waals surface area (Å²) in [6, 6.07) is 1.63. The van der Waals surface area contributed by atoms with Crippen LogP contribution in [0.3, 0.4) is 0 Å². The van der Waals surface area contributed by atoms with E-state index in [1.807, 2.05) is 24.3 Å². The Labute approximate surface area is 379 Å². The number of carbonyl (C=O) groups is 9. The van der Waals surface area contributed by atoms with E-state index in [0.717, 1.165) is 43.0 Å². The smallest absolute Gasteiger partial charge is 0.325 e. The number of carbonyl (C=O) groups excluding carboxylic acids is 9. The molecule has 7 amide bonds. The molecule has 0 unspecified atom stereocenters. The van der Waals surface area contributed by atoms with Gasteiger partial charge in [0.1, 0.15) is 36.8 Å². The van der Waals surface area contributed by atoms with Gasteiger partial charge >= 0.3 is 5.97 Å². The molecule has 2 heterocycles. The molecule has 19 heteroatoms. The summed E-state index contributed by atoms with van der Waals surface area (Å²) in [4.78, 5) is 120. The average Bonchev–Trinajstić information content (AvgIpc) is 3.68. The molecule has 1 fully saturated rings. The summed E-state index contributed by atoms with van der Waals surface area (Å²) in [6.07, 6.45) is 15.2. The number of aliphatic hydroxyl groups is 1. The summed E-state index contributed by atoms with van der Waals surface area (Å²) in [5, 5.41) is 25.7. The molecule has 0 saturated carbocycles. The second kappa shape index (κ2) is 29.1. The fourth-order valence-corrected chi connectivity index (χ4v) is 6.99. The number of allylic oxidation sites excluding steroid dienone is 4. The van der Waals surface area contributed by atoms with Gasteiger partial charge in [0.05, 0.1) is 6.61 Å². The second-order valence-corrected chi connectivity index (χ2v) is 16.0. The number of cyclic esters (lactones) is 1. The van der Waals surface area contributed by atoms with Gasteiger partial charge in [-0.15, -0.1) is 0 Å². The van der Waals surface area contributed by atoms with Gasteiger partial charge in [0.2, 0.25) is 41.4 Å². The zero-order valence-corrected chi connectivity index (χ0v) is 37.4. The third-order valence-corrected chi connectivity index (χ3v) is 10.7. The minimum atomic E-state index is -1.59. The number of fused-ring (bicyclic) bond motifs is 1. The van der Waals surface area contributed by atoms with Crippen LogP contribution in [0.25, 0.3) is 10.9 Å². The van der Waals surface area contributed by atoms with Crippen molar-refractivity contribution >= 4 is 64.0 Å². The molecule has 1 saturated heterocycles. The van der Waals surface area contributed by atoms with Crippen molar-refractivity contribution in [2.45, 2.75) is 140 Å². The van der Waals surface area contributed by atoms with Gasteiger partial charge in [0, 0.05) is 55.7 Å². The Morgan fingerprint density at radius 3 is 2.35 bits per heavy atom. The van der Waals surface area contributed by atoms with E-state index in [9.17, 15) is 48.3 Å². The predicted octanol–water partition coefficient (Wildman–Crippen LogP) is 1.47. The minimum absolute atomic E-state index is 0.0155. The Morgan fingerprint density at radius 2 is 1.62 bits per heavy atom. The molecule has 10 N–H and O–H groups in total. The van der Waals surface area contributed by atoms with E-state index < -0.39 is 90.7 Å². The lowest BCUT2D eigenvalue weighted by Crippen LogP contribution is -2.58. The first-order valence-corrected chi connectivity index (χ1v) is 22.5. The van der Waals surface area contributed by atoms with Crippen LogP contribution in [-0.4, -0.2) is 113 Å². The van der Waals surface area contributed by atoms with Crippen molar-refractivity contribution in [2.24, 2.45) is 5.73 Å². The van der Waals surface area contributed by atoms with Crippen LogP contribution < -0.4 is 37.6 Å². The molecule has 3 rings (SSSR count). The van der Waals surface area contributed by atoms with Crippen molar-refractivity contribution in [3.8, 4) is 0 Å². The third kappa shape index (κ3) is 19.9. The summed E-state index contributed by atoms with van der Waals surface area (Å²) in [7, 11) is 0. The minimum Gasteiger partial charge on any atom is -0.459 e. The van der Waals surface area contributed by atoms with Crippen molar-refractivity contribution in [1.82, 2.24) is 36.9 Å². The summed E-state index contributed by atoms with van der Waals surface area (Å²) >= 11 is 0. The van der Waals surface area contributed by atoms with Gasteiger partial charge in [-0.2, -0.15) is 0 Å². The molecule has 19 nitrogen and oxygen atoms in total. The van der Waals surface area contributed by atoms with E-state index in [0.29, 0.717) is 31.2 Å². The van der Waals surface area contributed by atoms with Gasteiger partial charge in [-0.3, -0.25) is 43.2 Å². The molecular formula is C46H66N8O11. The van der Waals surface area contributed by atoms with Crippen LogP contribution in [-0.2, 0) is 54.3 Å². The van der Waals surface area contributed by atoms with Crippen molar-refractivity contribution in [3.63, 3.8) is 0 Å². The van der Waals surface area contributed by atoms with Crippen LogP contribution >= 0.6 is 0 Å². The standard InChI is InChI=1S/C46H66N8O11/c1-3-4-5-6-7-9-12-17-32(56)18-13-10-8-11-14-21-39(58)51-35(22-23-38(47)57)44(62)54-42-30(2)65-41(60)28-50-43(61)37(29-55)53-45(63)36(52-40(59)24-25-48-46(42)64)26-31-27-49-34-20-16-15-19-33(31)34/h7,9,12,15-17,19-20,27,30,35-37,42,49,55H,3-6,8,10-11,13-14,18,21-26,28-29H2,1-2H3,(H2,47,57)(H,48,64)(H,50,61)(H,51,58)(H,52,59)(H,53,63)(H,54,62)/t30-,35-,36-,37-,42+/m1/s1. The zero-order valence-electron chi connectivity index (χ0n) is 37.4. The Balaban J connectivity index is 1.63. The first kappa shape index (κ1) is 53.0. The number of H-pyrrole nitrogens is 1. The lowest BCUT2D eigenvalue weighted by Gasteiger charge is -2.27. The number of para-hydroxylation sites is 1. The van der Waals surface area contributed by atoms with Crippen LogP contribution in [0.1, 0.15) is 109 Å². The summed E-state index contributed by atoms with van der Waals surface area (Å²) in [5.41, 5.74) is 6.81. The first-order chi connectivity index (χ1) is 31.2. The lowest BCUT2D eigenvalue weighted by atomic mass is 10.0. The Kier molecular flexibility index (Phi) is 23.8. The van der Waals surface area contributed by atoms with Crippen LogP contribution in [0.2, 0.25) is 0 Å². The van der Waals surface area contributed by atoms with Crippen LogP contribution in [0.4, 0.5) is 0 Å². The number of primary amides is 1. The van der Waals surface area contributed by atoms with E-state index in [1.165, 1.54) is 13.3 Å². The molecule has 356 valence electrons. The molecule has 1 aromatic heterocycles. The SMILES string of the molecule is CCCCCC=CC=CC(=O)CCCCCCCC(=O)N[C@H](CCC(N)=O)C(=O)N[C@@H]1C(=O)NCCC(=O)N[C@H](Cc2c[nH]c3ccccc23)C(=O)N[C@H](CO)C(=O)NCC(=O)O[C@@H]1C. The van der Waals surface area contributed by atoms with E-state index in [2.05, 4.69) is 49.9 Å². The van der Waals surface area contributed by atoms with E-state index >= 15 is 0 Å². The van der Waals surface area contributed by atoms with Crippen LogP contribution in [0, 0.1) is 0 Å². The molecule has 1 aliphatic heterocycles. The highest BCUT2D eigenvalue weighted by Gasteiger charge is 2.34. The number of rotatable bonds is 23. The first-order valence-electron chi connectivity index (χ1n) is 22.5. The summed E-state index contributed by atoms with van der Waals surface area (Å²) < 4.78 is 5.39. The summed E-state index contributed by atoms with van der Waals surface area (Å²) in [6.45, 7) is 1.56. The molecule has 2 aromatic rings. The maximum atomic E-state index is 13.7. The molecule has 0 radical (unpaired) electrons. The van der Waals surface area contributed by atoms with Crippen LogP contribution in [0.5, 0.6) is 0 Å². The maximum Gasteiger partial charge on any atom is 0.325 e. The average molecular weight is 907 g/mol. The number of benzene rings is 1. The van der Waals surface area contributed by atoms with Crippen molar-refractivity contribution < 1.29 is 53.0 Å². The van der Waals surface area contributed by atoms with Gasteiger partial charge in [-0.05, 0) is 56.7 Å². The number of aromatic nitrogens is 1. The highest BCUT2D eigenvalue weighted by atomic mass is 16.5. The molecule has 65 heavy (non-hydrogen) atoms. The third-order valence-electron chi connectivity index (χ3n) is 10.7. The molecular weight excluding hydrogens is 841 g/mol.